The Bertz CT molecular complexity index is 896. The third kappa shape index (κ3) is 6.68. The summed E-state index contributed by atoms with van der Waals surface area (Å²) in [5.41, 5.74) is 1.01. The molecule has 1 amide bonds. The highest BCUT2D eigenvalue weighted by Gasteiger charge is 2.32. The van der Waals surface area contributed by atoms with Crippen LogP contribution in [0, 0.1) is 0 Å². The summed E-state index contributed by atoms with van der Waals surface area (Å²) in [5, 5.41) is 0. The smallest absolute Gasteiger partial charge is 0.410 e. The fourth-order valence-corrected chi connectivity index (χ4v) is 3.46. The lowest BCUT2D eigenvalue weighted by atomic mass is 10.1. The van der Waals surface area contributed by atoms with Gasteiger partial charge in [0.25, 0.3) is 0 Å². The van der Waals surface area contributed by atoms with Gasteiger partial charge in [-0.15, -0.1) is 0 Å². The van der Waals surface area contributed by atoms with E-state index in [0.717, 1.165) is 6.54 Å². The molecule has 1 aromatic carbocycles. The highest BCUT2D eigenvalue weighted by atomic mass is 16.6. The van der Waals surface area contributed by atoms with Gasteiger partial charge in [-0.05, 0) is 32.4 Å². The summed E-state index contributed by atoms with van der Waals surface area (Å²) in [6, 6.07) is 13.4. The lowest BCUT2D eigenvalue weighted by molar-refractivity contribution is -0.00448. The molecule has 1 aliphatic heterocycles. The third-order valence-corrected chi connectivity index (χ3v) is 5.07. The van der Waals surface area contributed by atoms with Gasteiger partial charge >= 0.3 is 12.1 Å². The number of esters is 1. The molecule has 0 N–H and O–H groups in total. The average molecular weight is 442 g/mol. The van der Waals surface area contributed by atoms with Crippen molar-refractivity contribution in [3.05, 3.63) is 59.8 Å². The number of methoxy groups -OCH3 is 1. The van der Waals surface area contributed by atoms with E-state index in [2.05, 4.69) is 22.0 Å². The number of carbonyl (C=O) groups is 2. The van der Waals surface area contributed by atoms with Crippen molar-refractivity contribution in [2.45, 2.75) is 39.0 Å². The molecule has 0 aliphatic carbocycles. The zero-order valence-electron chi connectivity index (χ0n) is 19.1. The number of aromatic nitrogens is 1. The zero-order valence-corrected chi connectivity index (χ0v) is 19.1. The predicted octanol–water partition coefficient (Wildman–Crippen LogP) is 3.37. The number of hydrogen-bond acceptors (Lipinski definition) is 7. The van der Waals surface area contributed by atoms with Gasteiger partial charge in [0.05, 0.1) is 18.7 Å². The second kappa shape index (κ2) is 10.5. The molecule has 32 heavy (non-hydrogen) atoms. The number of benzene rings is 1. The van der Waals surface area contributed by atoms with E-state index in [9.17, 15) is 9.59 Å². The van der Waals surface area contributed by atoms with Crippen LogP contribution < -0.4 is 4.74 Å². The maximum absolute atomic E-state index is 12.6. The van der Waals surface area contributed by atoms with Crippen molar-refractivity contribution in [1.29, 1.82) is 0 Å². The third-order valence-electron chi connectivity index (χ3n) is 5.07. The van der Waals surface area contributed by atoms with Crippen LogP contribution in [0.4, 0.5) is 4.79 Å². The summed E-state index contributed by atoms with van der Waals surface area (Å²) in [4.78, 5) is 32.4. The van der Waals surface area contributed by atoms with Crippen LogP contribution in [0.25, 0.3) is 0 Å². The van der Waals surface area contributed by atoms with Crippen molar-refractivity contribution in [3.8, 4) is 5.88 Å². The van der Waals surface area contributed by atoms with Crippen LogP contribution in [-0.2, 0) is 16.0 Å². The lowest BCUT2D eigenvalue weighted by Gasteiger charge is -2.41. The van der Waals surface area contributed by atoms with E-state index in [1.54, 1.807) is 17.0 Å². The van der Waals surface area contributed by atoms with Gasteiger partial charge in [-0.25, -0.2) is 14.6 Å². The van der Waals surface area contributed by atoms with Gasteiger partial charge in [-0.1, -0.05) is 30.3 Å². The number of pyridine rings is 1. The molecule has 0 unspecified atom stereocenters. The van der Waals surface area contributed by atoms with E-state index >= 15 is 0 Å². The van der Waals surface area contributed by atoms with Crippen LogP contribution in [0.1, 0.15) is 36.7 Å². The summed E-state index contributed by atoms with van der Waals surface area (Å²) in [6.45, 7) is 8.47. The van der Waals surface area contributed by atoms with E-state index < -0.39 is 11.6 Å². The number of rotatable bonds is 6. The Morgan fingerprint density at radius 2 is 1.84 bits per heavy atom. The van der Waals surface area contributed by atoms with E-state index in [1.807, 2.05) is 39.0 Å². The minimum atomic E-state index is -0.546. The first-order valence-electron chi connectivity index (χ1n) is 10.7. The van der Waals surface area contributed by atoms with E-state index in [0.29, 0.717) is 37.7 Å². The summed E-state index contributed by atoms with van der Waals surface area (Å²) >= 11 is 0. The van der Waals surface area contributed by atoms with Gasteiger partial charge in [-0.2, -0.15) is 0 Å². The standard InChI is InChI=1S/C24H31N3O5/c1-24(2,3)32-23(29)27-13-12-26(15-18-8-6-5-7-9-18)20(16-27)17-31-21-11-10-19(14-25-21)22(28)30-4/h5-11,14,20H,12-13,15-17H2,1-4H3/t20-/m0/s1. The number of piperazine rings is 1. The summed E-state index contributed by atoms with van der Waals surface area (Å²) in [7, 11) is 1.33. The zero-order chi connectivity index (χ0) is 23.1. The van der Waals surface area contributed by atoms with Crippen LogP contribution in [0.3, 0.4) is 0 Å². The number of nitrogens with zero attached hydrogens (tertiary/aromatic N) is 3. The van der Waals surface area contributed by atoms with Gasteiger partial charge < -0.3 is 19.1 Å². The highest BCUT2D eigenvalue weighted by Crippen LogP contribution is 2.19. The molecular formula is C24H31N3O5. The Kier molecular flexibility index (Phi) is 7.69. The topological polar surface area (TPSA) is 81.2 Å². The van der Waals surface area contributed by atoms with Gasteiger partial charge in [-0.3, -0.25) is 4.90 Å². The summed E-state index contributed by atoms with van der Waals surface area (Å²) < 4.78 is 16.2. The van der Waals surface area contributed by atoms with Crippen LogP contribution in [0.5, 0.6) is 5.88 Å². The fraction of sp³-hybridized carbons (Fsp3) is 0.458. The van der Waals surface area contributed by atoms with Crippen LogP contribution in [0.2, 0.25) is 0 Å². The maximum atomic E-state index is 12.6. The van der Waals surface area contributed by atoms with E-state index in [-0.39, 0.29) is 12.1 Å². The minimum Gasteiger partial charge on any atom is -0.476 e. The molecule has 172 valence electrons. The molecule has 0 saturated carbocycles. The molecule has 3 rings (SSSR count). The van der Waals surface area contributed by atoms with E-state index in [1.165, 1.54) is 18.9 Å². The molecule has 2 heterocycles. The van der Waals surface area contributed by atoms with Crippen LogP contribution >= 0.6 is 0 Å². The van der Waals surface area contributed by atoms with Gasteiger partial charge in [0.1, 0.15) is 12.2 Å². The first kappa shape index (κ1) is 23.5. The molecule has 1 aromatic heterocycles. The molecule has 0 bridgehead atoms. The molecule has 1 saturated heterocycles. The second-order valence-corrected chi connectivity index (χ2v) is 8.72. The van der Waals surface area contributed by atoms with Gasteiger partial charge in [0.15, 0.2) is 0 Å². The molecule has 1 fully saturated rings. The predicted molar refractivity (Wildman–Crippen MR) is 120 cm³/mol. The van der Waals surface area contributed by atoms with Crippen molar-refractivity contribution in [1.82, 2.24) is 14.8 Å². The number of amides is 1. The van der Waals surface area contributed by atoms with E-state index in [4.69, 9.17) is 14.2 Å². The molecule has 1 aliphatic rings. The largest absolute Gasteiger partial charge is 0.476 e. The first-order chi connectivity index (χ1) is 15.2. The van der Waals surface area contributed by atoms with Crippen molar-refractivity contribution < 1.29 is 23.8 Å². The SMILES string of the molecule is COC(=O)c1ccc(OC[C@@H]2CN(C(=O)OC(C)(C)C)CCN2Cc2ccccc2)nc1. The van der Waals surface area contributed by atoms with Crippen molar-refractivity contribution in [2.75, 3.05) is 33.4 Å². The normalized spacial score (nSPS) is 17.0. The van der Waals surface area contributed by atoms with Crippen molar-refractivity contribution >= 4 is 12.1 Å². The molecule has 1 atom stereocenters. The van der Waals surface area contributed by atoms with Crippen LogP contribution in [-0.4, -0.2) is 71.8 Å². The summed E-state index contributed by atoms with van der Waals surface area (Å²) in [6.07, 6.45) is 1.11. The van der Waals surface area contributed by atoms with Gasteiger partial charge in [0.2, 0.25) is 5.88 Å². The van der Waals surface area contributed by atoms with Gasteiger partial charge in [0, 0.05) is 38.4 Å². The Balaban J connectivity index is 1.68. The van der Waals surface area contributed by atoms with Crippen LogP contribution in [0.15, 0.2) is 48.7 Å². The molecule has 2 aromatic rings. The Morgan fingerprint density at radius 3 is 2.47 bits per heavy atom. The quantitative estimate of drug-likeness (QED) is 0.636. The Hall–Kier alpha value is -3.13. The monoisotopic (exact) mass is 441 g/mol. The lowest BCUT2D eigenvalue weighted by Crippen LogP contribution is -2.57. The minimum absolute atomic E-state index is 0.0430. The highest BCUT2D eigenvalue weighted by molar-refractivity contribution is 5.88. The molecule has 0 radical (unpaired) electrons. The fourth-order valence-electron chi connectivity index (χ4n) is 3.46. The molecule has 8 heteroatoms. The summed E-state index contributed by atoms with van der Waals surface area (Å²) in [5.74, 6) is -0.0370. The maximum Gasteiger partial charge on any atom is 0.410 e. The second-order valence-electron chi connectivity index (χ2n) is 8.72. The Labute approximate surface area is 189 Å². The molecule has 8 nitrogen and oxygen atoms in total. The number of carbonyl (C=O) groups excluding carboxylic acids is 2. The molecule has 0 spiro atoms. The Morgan fingerprint density at radius 1 is 1.09 bits per heavy atom. The average Bonchev–Trinajstić information content (AvgIpc) is 2.77. The number of ether oxygens (including phenoxy) is 3. The first-order valence-corrected chi connectivity index (χ1v) is 10.7. The van der Waals surface area contributed by atoms with Crippen molar-refractivity contribution in [3.63, 3.8) is 0 Å². The molecular weight excluding hydrogens is 410 g/mol. The van der Waals surface area contributed by atoms with Crippen molar-refractivity contribution in [2.24, 2.45) is 0 Å². The number of hydrogen-bond donors (Lipinski definition) is 0.